The second-order valence-corrected chi connectivity index (χ2v) is 7.93. The van der Waals surface area contributed by atoms with Crippen LogP contribution in [-0.4, -0.2) is 51.2 Å². The number of piperidine rings is 1. The van der Waals surface area contributed by atoms with Gasteiger partial charge < -0.3 is 9.64 Å². The molecule has 2 rings (SSSR count). The molecule has 0 spiro atoms. The summed E-state index contributed by atoms with van der Waals surface area (Å²) in [7, 11) is -1.67. The SMILES string of the molecule is CCCCS(=O)(=O)NC1CCN(C(=O)c2ccccc2OC)CC1. The number of rotatable bonds is 7. The van der Waals surface area contributed by atoms with Gasteiger partial charge in [0.05, 0.1) is 18.4 Å². The maximum Gasteiger partial charge on any atom is 0.257 e. The Balaban J connectivity index is 1.92. The van der Waals surface area contributed by atoms with Gasteiger partial charge in [-0.3, -0.25) is 4.79 Å². The van der Waals surface area contributed by atoms with Crippen molar-refractivity contribution in [3.63, 3.8) is 0 Å². The van der Waals surface area contributed by atoms with Gasteiger partial charge in [-0.2, -0.15) is 0 Å². The summed E-state index contributed by atoms with van der Waals surface area (Å²) in [6.45, 7) is 3.05. The Bertz CT molecular complexity index is 652. The normalized spacial score (nSPS) is 16.2. The lowest BCUT2D eigenvalue weighted by molar-refractivity contribution is 0.0708. The Labute approximate surface area is 144 Å². The average Bonchev–Trinajstić information content (AvgIpc) is 2.59. The summed E-state index contributed by atoms with van der Waals surface area (Å²) < 4.78 is 31.9. The Morgan fingerprint density at radius 2 is 1.96 bits per heavy atom. The molecule has 0 aromatic heterocycles. The molecule has 1 N–H and O–H groups in total. The molecule has 1 aliphatic rings. The van der Waals surface area contributed by atoms with Gasteiger partial charge >= 0.3 is 0 Å². The molecule has 24 heavy (non-hydrogen) atoms. The molecule has 134 valence electrons. The first-order chi connectivity index (χ1) is 11.5. The molecule has 0 bridgehead atoms. The maximum atomic E-state index is 12.6. The number of nitrogens with zero attached hydrogens (tertiary/aromatic N) is 1. The zero-order valence-corrected chi connectivity index (χ0v) is 15.1. The maximum absolute atomic E-state index is 12.6. The van der Waals surface area contributed by atoms with Gasteiger partial charge in [-0.25, -0.2) is 13.1 Å². The molecular formula is C17H26N2O4S. The number of hydrogen-bond acceptors (Lipinski definition) is 4. The lowest BCUT2D eigenvalue weighted by Gasteiger charge is -2.32. The Hall–Kier alpha value is -1.60. The molecule has 1 aromatic carbocycles. The summed E-state index contributed by atoms with van der Waals surface area (Å²) in [5.74, 6) is 0.661. The highest BCUT2D eigenvalue weighted by Crippen LogP contribution is 2.21. The number of hydrogen-bond donors (Lipinski definition) is 1. The standard InChI is InChI=1S/C17H26N2O4S/c1-3-4-13-24(21,22)18-14-9-11-19(12-10-14)17(20)15-7-5-6-8-16(15)23-2/h5-8,14,18H,3-4,9-13H2,1-2H3. The molecule has 1 aromatic rings. The van der Waals surface area contributed by atoms with Crippen molar-refractivity contribution < 1.29 is 17.9 Å². The van der Waals surface area contributed by atoms with E-state index in [9.17, 15) is 13.2 Å². The predicted molar refractivity (Wildman–Crippen MR) is 93.8 cm³/mol. The van der Waals surface area contributed by atoms with Crippen molar-refractivity contribution in [3.8, 4) is 5.75 Å². The fourth-order valence-electron chi connectivity index (χ4n) is 2.84. The third-order valence-corrected chi connectivity index (χ3v) is 5.75. The van der Waals surface area contributed by atoms with E-state index in [4.69, 9.17) is 4.74 Å². The van der Waals surface area contributed by atoms with Crippen LogP contribution in [0.4, 0.5) is 0 Å². The third kappa shape index (κ3) is 4.95. The van der Waals surface area contributed by atoms with Gasteiger partial charge in [0, 0.05) is 19.1 Å². The fraction of sp³-hybridized carbons (Fsp3) is 0.588. The highest BCUT2D eigenvalue weighted by atomic mass is 32.2. The molecule has 1 fully saturated rings. The van der Waals surface area contributed by atoms with Gasteiger partial charge in [0.15, 0.2) is 0 Å². The molecule has 1 aliphatic heterocycles. The van der Waals surface area contributed by atoms with Crippen LogP contribution in [0.5, 0.6) is 5.75 Å². The van der Waals surface area contributed by atoms with E-state index in [0.717, 1.165) is 6.42 Å². The zero-order valence-electron chi connectivity index (χ0n) is 14.3. The summed E-state index contributed by atoms with van der Waals surface area (Å²) in [6, 6.07) is 7.06. The monoisotopic (exact) mass is 354 g/mol. The highest BCUT2D eigenvalue weighted by Gasteiger charge is 2.27. The molecular weight excluding hydrogens is 328 g/mol. The molecule has 0 atom stereocenters. The van der Waals surface area contributed by atoms with Crippen molar-refractivity contribution >= 4 is 15.9 Å². The first-order valence-corrected chi connectivity index (χ1v) is 10.0. The number of methoxy groups -OCH3 is 1. The lowest BCUT2D eigenvalue weighted by Crippen LogP contribution is -2.47. The van der Waals surface area contributed by atoms with E-state index in [-0.39, 0.29) is 17.7 Å². The van der Waals surface area contributed by atoms with Crippen LogP contribution in [0.3, 0.4) is 0 Å². The number of sulfonamides is 1. The molecule has 0 saturated carbocycles. The minimum absolute atomic E-state index is 0.0697. The number of benzene rings is 1. The summed E-state index contributed by atoms with van der Waals surface area (Å²) in [5, 5.41) is 0. The van der Waals surface area contributed by atoms with Crippen LogP contribution >= 0.6 is 0 Å². The molecule has 0 aliphatic carbocycles. The van der Waals surface area contributed by atoms with Crippen molar-refractivity contribution in [2.24, 2.45) is 0 Å². The van der Waals surface area contributed by atoms with Crippen LogP contribution < -0.4 is 9.46 Å². The number of carbonyl (C=O) groups excluding carboxylic acids is 1. The van der Waals surface area contributed by atoms with Crippen LogP contribution in [-0.2, 0) is 10.0 Å². The van der Waals surface area contributed by atoms with Crippen LogP contribution in [0.25, 0.3) is 0 Å². The molecule has 0 unspecified atom stereocenters. The Kier molecular flexibility index (Phi) is 6.62. The number of ether oxygens (including phenoxy) is 1. The van der Waals surface area contributed by atoms with Gasteiger partial charge in [-0.15, -0.1) is 0 Å². The van der Waals surface area contributed by atoms with E-state index in [1.54, 1.807) is 24.1 Å². The van der Waals surface area contributed by atoms with E-state index in [1.807, 2.05) is 19.1 Å². The van der Waals surface area contributed by atoms with E-state index >= 15 is 0 Å². The minimum Gasteiger partial charge on any atom is -0.496 e. The quantitative estimate of drug-likeness (QED) is 0.813. The molecule has 6 nitrogen and oxygen atoms in total. The van der Waals surface area contributed by atoms with E-state index in [0.29, 0.717) is 43.7 Å². The van der Waals surface area contributed by atoms with Crippen LogP contribution in [0.15, 0.2) is 24.3 Å². The van der Waals surface area contributed by atoms with Crippen molar-refractivity contribution in [3.05, 3.63) is 29.8 Å². The molecule has 0 radical (unpaired) electrons. The largest absolute Gasteiger partial charge is 0.496 e. The summed E-state index contributed by atoms with van der Waals surface area (Å²) in [4.78, 5) is 14.4. The number of carbonyl (C=O) groups is 1. The third-order valence-electron chi connectivity index (χ3n) is 4.23. The first kappa shape index (κ1) is 18.7. The van der Waals surface area contributed by atoms with Gasteiger partial charge in [0.2, 0.25) is 10.0 Å². The predicted octanol–water partition coefficient (Wildman–Crippen LogP) is 2.02. The fourth-order valence-corrected chi connectivity index (χ4v) is 4.37. The van der Waals surface area contributed by atoms with Crippen LogP contribution in [0.1, 0.15) is 43.0 Å². The van der Waals surface area contributed by atoms with Gasteiger partial charge in [0.25, 0.3) is 5.91 Å². The van der Waals surface area contributed by atoms with Gasteiger partial charge in [-0.05, 0) is 31.4 Å². The van der Waals surface area contributed by atoms with E-state index in [1.165, 1.54) is 0 Å². The van der Waals surface area contributed by atoms with Crippen LogP contribution in [0, 0.1) is 0 Å². The lowest BCUT2D eigenvalue weighted by atomic mass is 10.0. The van der Waals surface area contributed by atoms with Crippen molar-refractivity contribution in [2.75, 3.05) is 26.0 Å². The molecule has 1 amide bonds. The van der Waals surface area contributed by atoms with E-state index < -0.39 is 10.0 Å². The summed E-state index contributed by atoms with van der Waals surface area (Å²) in [5.41, 5.74) is 0.543. The minimum atomic E-state index is -3.22. The van der Waals surface area contributed by atoms with Gasteiger partial charge in [0.1, 0.15) is 5.75 Å². The van der Waals surface area contributed by atoms with Crippen molar-refractivity contribution in [1.82, 2.24) is 9.62 Å². The molecule has 7 heteroatoms. The van der Waals surface area contributed by atoms with Crippen molar-refractivity contribution in [1.29, 1.82) is 0 Å². The van der Waals surface area contributed by atoms with Crippen molar-refractivity contribution in [2.45, 2.75) is 38.6 Å². The number of nitrogens with one attached hydrogen (secondary N) is 1. The van der Waals surface area contributed by atoms with E-state index in [2.05, 4.69) is 4.72 Å². The summed E-state index contributed by atoms with van der Waals surface area (Å²) >= 11 is 0. The number of para-hydroxylation sites is 1. The zero-order chi connectivity index (χ0) is 17.6. The Morgan fingerprint density at radius 1 is 1.29 bits per heavy atom. The highest BCUT2D eigenvalue weighted by molar-refractivity contribution is 7.89. The second-order valence-electron chi connectivity index (χ2n) is 6.06. The van der Waals surface area contributed by atoms with Crippen LogP contribution in [0.2, 0.25) is 0 Å². The van der Waals surface area contributed by atoms with Gasteiger partial charge in [-0.1, -0.05) is 25.5 Å². The smallest absolute Gasteiger partial charge is 0.257 e. The molecule has 1 saturated heterocycles. The molecule has 1 heterocycles. The Morgan fingerprint density at radius 3 is 2.58 bits per heavy atom. The summed E-state index contributed by atoms with van der Waals surface area (Å²) in [6.07, 6.45) is 2.78. The topological polar surface area (TPSA) is 75.7 Å². The second kappa shape index (κ2) is 8.48. The number of unbranched alkanes of at least 4 members (excludes halogenated alkanes) is 1. The number of amides is 1. The first-order valence-electron chi connectivity index (χ1n) is 8.39. The number of likely N-dealkylation sites (tertiary alicyclic amines) is 1. The average molecular weight is 354 g/mol.